The number of aryl methyl sites for hydroxylation is 1. The van der Waals surface area contributed by atoms with Gasteiger partial charge < -0.3 is 10.4 Å². The van der Waals surface area contributed by atoms with Gasteiger partial charge in [-0.15, -0.1) is 0 Å². The van der Waals surface area contributed by atoms with E-state index in [1.54, 1.807) is 0 Å². The van der Waals surface area contributed by atoms with Crippen molar-refractivity contribution in [2.24, 2.45) is 0 Å². The van der Waals surface area contributed by atoms with E-state index < -0.39 is 0 Å². The number of hydrogen-bond donors (Lipinski definition) is 2. The zero-order chi connectivity index (χ0) is 7.84. The minimum Gasteiger partial charge on any atom is -0.386 e. The van der Waals surface area contributed by atoms with Crippen molar-refractivity contribution >= 4 is 5.69 Å². The minimum absolute atomic E-state index is 0.314. The summed E-state index contributed by atoms with van der Waals surface area (Å²) in [6, 6.07) is 6.07. The molecule has 0 saturated heterocycles. The van der Waals surface area contributed by atoms with E-state index in [4.69, 9.17) is 0 Å². The van der Waals surface area contributed by atoms with Crippen LogP contribution in [0.3, 0.4) is 0 Å². The maximum atomic E-state index is 9.41. The topological polar surface area (TPSA) is 32.3 Å². The summed E-state index contributed by atoms with van der Waals surface area (Å²) < 4.78 is 0. The molecule has 1 aliphatic heterocycles. The normalized spacial score (nSPS) is 21.1. The fourth-order valence-electron chi connectivity index (χ4n) is 1.43. The van der Waals surface area contributed by atoms with Gasteiger partial charge in [0.05, 0.1) is 6.10 Å². The van der Waals surface area contributed by atoms with Crippen LogP contribution in [0.5, 0.6) is 0 Å². The average Bonchev–Trinajstić information content (AvgIpc) is 2.32. The molecule has 0 amide bonds. The van der Waals surface area contributed by atoms with Gasteiger partial charge in [0.1, 0.15) is 0 Å². The molecule has 1 aromatic rings. The van der Waals surface area contributed by atoms with Gasteiger partial charge in [-0.25, -0.2) is 0 Å². The Kier molecular flexibility index (Phi) is 1.36. The number of aliphatic hydroxyl groups is 1. The molecule has 0 spiro atoms. The van der Waals surface area contributed by atoms with Gasteiger partial charge in [-0.2, -0.15) is 0 Å². The summed E-state index contributed by atoms with van der Waals surface area (Å²) in [5.41, 5.74) is 3.33. The van der Waals surface area contributed by atoms with Gasteiger partial charge in [0.25, 0.3) is 0 Å². The van der Waals surface area contributed by atoms with Gasteiger partial charge in [0.15, 0.2) is 0 Å². The van der Waals surface area contributed by atoms with Gasteiger partial charge in [-0.3, -0.25) is 0 Å². The van der Waals surface area contributed by atoms with Gasteiger partial charge in [0, 0.05) is 17.8 Å². The number of hydrogen-bond acceptors (Lipinski definition) is 2. The van der Waals surface area contributed by atoms with E-state index in [2.05, 4.69) is 11.4 Å². The maximum absolute atomic E-state index is 9.41. The summed E-state index contributed by atoms with van der Waals surface area (Å²) in [6.07, 6.45) is -0.314. The molecule has 0 saturated carbocycles. The van der Waals surface area contributed by atoms with E-state index in [0.29, 0.717) is 6.54 Å². The summed E-state index contributed by atoms with van der Waals surface area (Å²) >= 11 is 0. The van der Waals surface area contributed by atoms with Crippen LogP contribution in [0.25, 0.3) is 0 Å². The number of benzene rings is 1. The first-order valence-corrected chi connectivity index (χ1v) is 3.80. The van der Waals surface area contributed by atoms with Crippen molar-refractivity contribution < 1.29 is 5.11 Å². The predicted octanol–water partition coefficient (Wildman–Crippen LogP) is 1.45. The van der Waals surface area contributed by atoms with Crippen LogP contribution in [-0.4, -0.2) is 11.7 Å². The van der Waals surface area contributed by atoms with Crippen molar-refractivity contribution in [1.29, 1.82) is 0 Å². The summed E-state index contributed by atoms with van der Waals surface area (Å²) in [6.45, 7) is 2.70. The van der Waals surface area contributed by atoms with Gasteiger partial charge in [-0.05, 0) is 18.6 Å². The SMILES string of the molecule is Cc1ccc2c(c1)NC[C@H]2O. The molecule has 58 valence electrons. The lowest BCUT2D eigenvalue weighted by molar-refractivity contribution is 0.199. The van der Waals surface area contributed by atoms with E-state index in [1.807, 2.05) is 19.1 Å². The molecule has 0 radical (unpaired) electrons. The van der Waals surface area contributed by atoms with Crippen LogP contribution >= 0.6 is 0 Å². The molecule has 1 aliphatic rings. The average molecular weight is 149 g/mol. The fraction of sp³-hybridized carbons (Fsp3) is 0.333. The number of nitrogens with one attached hydrogen (secondary N) is 1. The molecule has 2 rings (SSSR count). The van der Waals surface area contributed by atoms with E-state index in [1.165, 1.54) is 5.56 Å². The van der Waals surface area contributed by atoms with Crippen LogP contribution < -0.4 is 5.32 Å². The van der Waals surface area contributed by atoms with Crippen molar-refractivity contribution in [2.75, 3.05) is 11.9 Å². The third-order valence-corrected chi connectivity index (χ3v) is 2.05. The molecule has 11 heavy (non-hydrogen) atoms. The Morgan fingerprint density at radius 2 is 2.36 bits per heavy atom. The Balaban J connectivity index is 2.50. The van der Waals surface area contributed by atoms with Gasteiger partial charge >= 0.3 is 0 Å². The van der Waals surface area contributed by atoms with Gasteiger partial charge in [-0.1, -0.05) is 12.1 Å². The number of fused-ring (bicyclic) bond motifs is 1. The molecule has 1 atom stereocenters. The zero-order valence-electron chi connectivity index (χ0n) is 6.46. The van der Waals surface area contributed by atoms with Crippen LogP contribution in [0.4, 0.5) is 5.69 Å². The van der Waals surface area contributed by atoms with Crippen molar-refractivity contribution in [3.8, 4) is 0 Å². The Hall–Kier alpha value is -1.02. The second-order valence-electron chi connectivity index (χ2n) is 2.99. The Bertz CT molecular complexity index is 283. The van der Waals surface area contributed by atoms with Crippen molar-refractivity contribution in [2.45, 2.75) is 13.0 Å². The molecule has 2 heteroatoms. The predicted molar refractivity (Wildman–Crippen MR) is 44.6 cm³/mol. The summed E-state index contributed by atoms with van der Waals surface area (Å²) in [4.78, 5) is 0. The van der Waals surface area contributed by atoms with Crippen LogP contribution in [-0.2, 0) is 0 Å². The quantitative estimate of drug-likeness (QED) is 0.585. The molecule has 0 bridgehead atoms. The van der Waals surface area contributed by atoms with Crippen LogP contribution in [0.1, 0.15) is 17.2 Å². The standard InChI is InChI=1S/C9H11NO/c1-6-2-3-7-8(4-6)10-5-9(7)11/h2-4,9-11H,5H2,1H3/t9-/m1/s1. The monoisotopic (exact) mass is 149 g/mol. The number of β-amino-alcohol motifs (C(OH)–C–C–N with tert-alkyl or cyclic N) is 1. The highest BCUT2D eigenvalue weighted by molar-refractivity contribution is 5.58. The molecular formula is C9H11NO. The summed E-state index contributed by atoms with van der Waals surface area (Å²) in [5.74, 6) is 0. The fourth-order valence-corrected chi connectivity index (χ4v) is 1.43. The van der Waals surface area contributed by atoms with Crippen molar-refractivity contribution in [3.05, 3.63) is 29.3 Å². The molecule has 0 aliphatic carbocycles. The van der Waals surface area contributed by atoms with Crippen LogP contribution in [0.15, 0.2) is 18.2 Å². The molecular weight excluding hydrogens is 138 g/mol. The van der Waals surface area contributed by atoms with E-state index >= 15 is 0 Å². The van der Waals surface area contributed by atoms with Crippen LogP contribution in [0.2, 0.25) is 0 Å². The zero-order valence-corrected chi connectivity index (χ0v) is 6.46. The molecule has 0 aromatic heterocycles. The molecule has 1 aromatic carbocycles. The second-order valence-corrected chi connectivity index (χ2v) is 2.99. The van der Waals surface area contributed by atoms with E-state index in [9.17, 15) is 5.11 Å². The highest BCUT2D eigenvalue weighted by Crippen LogP contribution is 2.29. The first kappa shape index (κ1) is 6.68. The Morgan fingerprint density at radius 3 is 3.18 bits per heavy atom. The molecule has 0 fully saturated rings. The first-order chi connectivity index (χ1) is 5.27. The Labute approximate surface area is 65.9 Å². The molecule has 2 nitrogen and oxygen atoms in total. The number of aliphatic hydroxyl groups excluding tert-OH is 1. The van der Waals surface area contributed by atoms with Crippen molar-refractivity contribution in [3.63, 3.8) is 0 Å². The second kappa shape index (κ2) is 2.24. The maximum Gasteiger partial charge on any atom is 0.0982 e. The summed E-state index contributed by atoms with van der Waals surface area (Å²) in [7, 11) is 0. The number of rotatable bonds is 0. The first-order valence-electron chi connectivity index (χ1n) is 3.80. The lowest BCUT2D eigenvalue weighted by Crippen LogP contribution is -1.98. The van der Waals surface area contributed by atoms with Gasteiger partial charge in [0.2, 0.25) is 0 Å². The highest BCUT2D eigenvalue weighted by atomic mass is 16.3. The summed E-state index contributed by atoms with van der Waals surface area (Å²) in [5, 5.41) is 12.6. The largest absolute Gasteiger partial charge is 0.386 e. The van der Waals surface area contributed by atoms with E-state index in [0.717, 1.165) is 11.3 Å². The Morgan fingerprint density at radius 1 is 1.55 bits per heavy atom. The van der Waals surface area contributed by atoms with Crippen LogP contribution in [0, 0.1) is 6.92 Å². The smallest absolute Gasteiger partial charge is 0.0982 e. The number of anilines is 1. The third-order valence-electron chi connectivity index (χ3n) is 2.05. The lowest BCUT2D eigenvalue weighted by Gasteiger charge is -2.01. The lowest BCUT2D eigenvalue weighted by atomic mass is 10.1. The minimum atomic E-state index is -0.314. The van der Waals surface area contributed by atoms with Crippen molar-refractivity contribution in [1.82, 2.24) is 0 Å². The molecule has 2 N–H and O–H groups in total. The highest BCUT2D eigenvalue weighted by Gasteiger charge is 2.18. The molecule has 1 heterocycles. The van der Waals surface area contributed by atoms with E-state index in [-0.39, 0.29) is 6.10 Å². The molecule has 0 unspecified atom stereocenters. The third kappa shape index (κ3) is 0.994.